The van der Waals surface area contributed by atoms with E-state index in [1.165, 1.54) is 24.3 Å². The standard InChI is InChI=1S/C9H6ClF3O3S/c1-6(7-3-2-4-8(10)5-7)16-17(14,15)9(11,12)13/h2-5H,1H2. The third-order valence-corrected chi connectivity index (χ3v) is 2.86. The number of halogens is 4. The van der Waals surface area contributed by atoms with E-state index < -0.39 is 21.4 Å². The van der Waals surface area contributed by atoms with Crippen molar-refractivity contribution >= 4 is 27.5 Å². The highest BCUT2D eigenvalue weighted by Crippen LogP contribution is 2.29. The lowest BCUT2D eigenvalue weighted by Gasteiger charge is -2.11. The Morgan fingerprint density at radius 1 is 1.35 bits per heavy atom. The third-order valence-electron chi connectivity index (χ3n) is 1.64. The first-order valence-corrected chi connectivity index (χ1v) is 5.88. The van der Waals surface area contributed by atoms with E-state index in [1.807, 2.05) is 0 Å². The van der Waals surface area contributed by atoms with Gasteiger partial charge in [0.25, 0.3) is 0 Å². The summed E-state index contributed by atoms with van der Waals surface area (Å²) in [6.45, 7) is 3.10. The van der Waals surface area contributed by atoms with E-state index in [2.05, 4.69) is 10.8 Å². The van der Waals surface area contributed by atoms with Crippen LogP contribution in [0.1, 0.15) is 5.56 Å². The molecular weight excluding hydrogens is 281 g/mol. The monoisotopic (exact) mass is 286 g/mol. The second-order valence-electron chi connectivity index (χ2n) is 2.92. The Morgan fingerprint density at radius 2 is 1.94 bits per heavy atom. The van der Waals surface area contributed by atoms with Crippen molar-refractivity contribution in [1.82, 2.24) is 0 Å². The Hall–Kier alpha value is -1.21. The molecule has 1 rings (SSSR count). The lowest BCUT2D eigenvalue weighted by atomic mass is 10.2. The Labute approximate surface area is 101 Å². The van der Waals surface area contributed by atoms with E-state index in [9.17, 15) is 21.6 Å². The summed E-state index contributed by atoms with van der Waals surface area (Å²) >= 11 is 5.58. The summed E-state index contributed by atoms with van der Waals surface area (Å²) in [5.74, 6) is -0.648. The summed E-state index contributed by atoms with van der Waals surface area (Å²) < 4.78 is 61.2. The number of benzene rings is 1. The lowest BCUT2D eigenvalue weighted by molar-refractivity contribution is -0.0509. The van der Waals surface area contributed by atoms with Crippen LogP contribution < -0.4 is 0 Å². The molecule has 0 amide bonds. The van der Waals surface area contributed by atoms with Crippen LogP contribution in [-0.4, -0.2) is 13.9 Å². The molecule has 0 fully saturated rings. The summed E-state index contributed by atoms with van der Waals surface area (Å²) in [7, 11) is -5.70. The molecule has 94 valence electrons. The van der Waals surface area contributed by atoms with E-state index in [0.29, 0.717) is 0 Å². The molecule has 1 aromatic rings. The number of hydrogen-bond donors (Lipinski definition) is 0. The molecule has 0 N–H and O–H groups in total. The maximum atomic E-state index is 12.0. The van der Waals surface area contributed by atoms with E-state index in [1.54, 1.807) is 0 Å². The van der Waals surface area contributed by atoms with Crippen molar-refractivity contribution in [2.45, 2.75) is 5.51 Å². The van der Waals surface area contributed by atoms with Crippen molar-refractivity contribution in [2.24, 2.45) is 0 Å². The fourth-order valence-corrected chi connectivity index (χ4v) is 1.54. The predicted molar refractivity (Wildman–Crippen MR) is 56.5 cm³/mol. The van der Waals surface area contributed by atoms with Crippen LogP contribution in [0.25, 0.3) is 5.76 Å². The molecule has 0 bridgehead atoms. The van der Waals surface area contributed by atoms with Gasteiger partial charge >= 0.3 is 15.6 Å². The van der Waals surface area contributed by atoms with Gasteiger partial charge in [-0.15, -0.1) is 0 Å². The van der Waals surface area contributed by atoms with Gasteiger partial charge in [0.1, 0.15) is 5.76 Å². The Balaban J connectivity index is 2.96. The maximum Gasteiger partial charge on any atom is 0.534 e. The molecule has 0 aliphatic rings. The minimum absolute atomic E-state index is 0.0466. The van der Waals surface area contributed by atoms with E-state index in [4.69, 9.17) is 11.6 Å². The van der Waals surface area contributed by atoms with Gasteiger partial charge in [-0.25, -0.2) is 0 Å². The van der Waals surface area contributed by atoms with Gasteiger partial charge in [0.05, 0.1) is 0 Å². The van der Waals surface area contributed by atoms with Crippen LogP contribution in [0.5, 0.6) is 0 Å². The van der Waals surface area contributed by atoms with Crippen molar-refractivity contribution in [3.8, 4) is 0 Å². The molecule has 0 aliphatic heterocycles. The predicted octanol–water partition coefficient (Wildman–Crippen LogP) is 3.18. The van der Waals surface area contributed by atoms with Gasteiger partial charge in [-0.1, -0.05) is 30.3 Å². The topological polar surface area (TPSA) is 43.4 Å². The summed E-state index contributed by atoms with van der Waals surface area (Å²) in [5, 5.41) is 0.219. The van der Waals surface area contributed by atoms with Crippen LogP contribution in [0.15, 0.2) is 30.8 Å². The van der Waals surface area contributed by atoms with E-state index >= 15 is 0 Å². The van der Waals surface area contributed by atoms with Crippen molar-refractivity contribution in [2.75, 3.05) is 0 Å². The van der Waals surface area contributed by atoms with Gasteiger partial charge in [0, 0.05) is 10.6 Å². The molecule has 0 atom stereocenters. The summed E-state index contributed by atoms with van der Waals surface area (Å²) in [4.78, 5) is 0. The zero-order chi connectivity index (χ0) is 13.3. The van der Waals surface area contributed by atoms with E-state index in [-0.39, 0.29) is 10.6 Å². The summed E-state index contributed by atoms with van der Waals surface area (Å²) in [5.41, 5.74) is -5.44. The molecule has 1 aromatic carbocycles. The average molecular weight is 287 g/mol. The summed E-state index contributed by atoms with van der Waals surface area (Å²) in [6, 6.07) is 5.44. The quantitative estimate of drug-likeness (QED) is 0.487. The van der Waals surface area contributed by atoms with Gasteiger partial charge in [0.15, 0.2) is 0 Å². The zero-order valence-corrected chi connectivity index (χ0v) is 9.73. The van der Waals surface area contributed by atoms with Crippen LogP contribution in [0.2, 0.25) is 5.02 Å². The fourth-order valence-electron chi connectivity index (χ4n) is 0.890. The number of alkyl halides is 3. The molecular formula is C9H6ClF3O3S. The Bertz CT molecular complexity index is 537. The molecule has 3 nitrogen and oxygen atoms in total. The van der Waals surface area contributed by atoms with Gasteiger partial charge in [-0.05, 0) is 12.1 Å². The first kappa shape index (κ1) is 13.9. The molecule has 0 aliphatic carbocycles. The van der Waals surface area contributed by atoms with Crippen molar-refractivity contribution in [3.05, 3.63) is 41.4 Å². The van der Waals surface area contributed by atoms with Crippen molar-refractivity contribution in [1.29, 1.82) is 0 Å². The smallest absolute Gasteiger partial charge is 0.376 e. The Kier molecular flexibility index (Phi) is 3.73. The van der Waals surface area contributed by atoms with Gasteiger partial charge < -0.3 is 4.18 Å². The highest BCUT2D eigenvalue weighted by atomic mass is 35.5. The van der Waals surface area contributed by atoms with Crippen molar-refractivity contribution < 1.29 is 25.8 Å². The van der Waals surface area contributed by atoms with Gasteiger partial charge in [0.2, 0.25) is 0 Å². The molecule has 0 aromatic heterocycles. The molecule has 8 heteroatoms. The van der Waals surface area contributed by atoms with Crippen molar-refractivity contribution in [3.63, 3.8) is 0 Å². The normalized spacial score (nSPS) is 12.2. The molecule has 0 unspecified atom stereocenters. The highest BCUT2D eigenvalue weighted by Gasteiger charge is 2.48. The van der Waals surface area contributed by atoms with Gasteiger partial charge in [-0.2, -0.15) is 21.6 Å². The van der Waals surface area contributed by atoms with E-state index in [0.717, 1.165) is 0 Å². The maximum absolute atomic E-state index is 12.0. The van der Waals surface area contributed by atoms with Crippen LogP contribution in [0, 0.1) is 0 Å². The average Bonchev–Trinajstić information content (AvgIpc) is 2.15. The molecule has 17 heavy (non-hydrogen) atoms. The number of hydrogen-bond acceptors (Lipinski definition) is 3. The molecule has 0 spiro atoms. The minimum atomic E-state index is -5.70. The first-order valence-electron chi connectivity index (χ1n) is 4.09. The van der Waals surface area contributed by atoms with Crippen LogP contribution in [0.3, 0.4) is 0 Å². The molecule has 0 radical (unpaired) electrons. The van der Waals surface area contributed by atoms with Gasteiger partial charge in [-0.3, -0.25) is 0 Å². The largest absolute Gasteiger partial charge is 0.534 e. The molecule has 0 saturated heterocycles. The highest BCUT2D eigenvalue weighted by molar-refractivity contribution is 7.87. The molecule has 0 heterocycles. The van der Waals surface area contributed by atoms with Crippen LogP contribution >= 0.6 is 11.6 Å². The Morgan fingerprint density at radius 3 is 2.41 bits per heavy atom. The first-order chi connectivity index (χ1) is 7.63. The SMILES string of the molecule is C=C(OS(=O)(=O)C(F)(F)F)c1cccc(Cl)c1. The second kappa shape index (κ2) is 4.58. The zero-order valence-electron chi connectivity index (χ0n) is 8.16. The minimum Gasteiger partial charge on any atom is -0.376 e. The second-order valence-corrected chi connectivity index (χ2v) is 4.89. The third kappa shape index (κ3) is 3.37. The number of rotatable bonds is 3. The lowest BCUT2D eigenvalue weighted by Crippen LogP contribution is -2.24. The van der Waals surface area contributed by atoms with Crippen LogP contribution in [-0.2, 0) is 14.3 Å². The fraction of sp³-hybridized carbons (Fsp3) is 0.111. The molecule has 0 saturated carbocycles. The summed E-state index contributed by atoms with van der Waals surface area (Å²) in [6.07, 6.45) is 0. The van der Waals surface area contributed by atoms with Crippen LogP contribution in [0.4, 0.5) is 13.2 Å².